The fraction of sp³-hybridized carbons (Fsp3) is 0. The normalized spacial score (nSPS) is 11.9. The molecule has 2 aromatic heterocycles. The predicted octanol–water partition coefficient (Wildman–Crippen LogP) is 9.78. The predicted molar refractivity (Wildman–Crippen MR) is 163 cm³/mol. The van der Waals surface area contributed by atoms with E-state index in [2.05, 4.69) is 72.8 Å². The van der Waals surface area contributed by atoms with Gasteiger partial charge in [-0.3, -0.25) is 0 Å². The number of fused-ring (bicyclic) bond motifs is 6. The molecule has 188 valence electrons. The Morgan fingerprint density at radius 3 is 1.30 bits per heavy atom. The van der Waals surface area contributed by atoms with E-state index in [0.29, 0.717) is 11.8 Å². The van der Waals surface area contributed by atoms with E-state index in [1.54, 1.807) is 0 Å². The number of rotatable bonds is 4. The molecule has 4 nitrogen and oxygen atoms in total. The minimum atomic E-state index is 0.629. The molecule has 0 saturated carbocycles. The summed E-state index contributed by atoms with van der Waals surface area (Å²) in [5.74, 6) is 1.26. The van der Waals surface area contributed by atoms with Gasteiger partial charge in [-0.2, -0.15) is 0 Å². The van der Waals surface area contributed by atoms with E-state index in [0.717, 1.165) is 66.0 Å². The molecule has 40 heavy (non-hydrogen) atoms. The number of oxazole rings is 2. The van der Waals surface area contributed by atoms with E-state index in [1.807, 2.05) is 60.7 Å². The zero-order chi connectivity index (χ0) is 26.5. The van der Waals surface area contributed by atoms with Gasteiger partial charge in [0.15, 0.2) is 11.2 Å². The quantitative estimate of drug-likeness (QED) is 0.219. The lowest BCUT2D eigenvalue weighted by Gasteiger charge is -1.99. The molecule has 8 rings (SSSR count). The van der Waals surface area contributed by atoms with Crippen LogP contribution in [0.15, 0.2) is 130 Å². The second kappa shape index (κ2) is 9.07. The van der Waals surface area contributed by atoms with Gasteiger partial charge in [0.2, 0.25) is 11.8 Å². The van der Waals surface area contributed by atoms with Crippen LogP contribution < -0.4 is 0 Å². The summed E-state index contributed by atoms with van der Waals surface area (Å²) in [4.78, 5) is 9.60. The summed E-state index contributed by atoms with van der Waals surface area (Å²) >= 11 is 0. The lowest BCUT2D eigenvalue weighted by Crippen LogP contribution is -1.80. The maximum Gasteiger partial charge on any atom is 0.227 e. The Morgan fingerprint density at radius 2 is 0.850 bits per heavy atom. The Hall–Kier alpha value is -5.48. The third-order valence-corrected chi connectivity index (χ3v) is 7.35. The first-order valence-electron chi connectivity index (χ1n) is 13.2. The van der Waals surface area contributed by atoms with Crippen molar-refractivity contribution in [3.05, 3.63) is 132 Å². The number of hydrogen-bond acceptors (Lipinski definition) is 4. The van der Waals surface area contributed by atoms with E-state index in [4.69, 9.17) is 18.8 Å². The molecule has 0 aliphatic rings. The largest absolute Gasteiger partial charge is 0.436 e. The highest BCUT2D eigenvalue weighted by Crippen LogP contribution is 2.31. The second-order valence-corrected chi connectivity index (χ2v) is 9.88. The number of aromatic nitrogens is 2. The molecule has 0 saturated heterocycles. The summed E-state index contributed by atoms with van der Waals surface area (Å²) < 4.78 is 12.2. The van der Waals surface area contributed by atoms with Gasteiger partial charge in [0, 0.05) is 21.9 Å². The van der Waals surface area contributed by atoms with E-state index in [-0.39, 0.29) is 0 Å². The molecule has 6 aromatic carbocycles. The van der Waals surface area contributed by atoms with Gasteiger partial charge in [-0.05, 0) is 58.3 Å². The molecular weight excluding hydrogens is 492 g/mol. The summed E-state index contributed by atoms with van der Waals surface area (Å²) in [5, 5.41) is 4.52. The van der Waals surface area contributed by atoms with Crippen molar-refractivity contribution in [1.29, 1.82) is 0 Å². The van der Waals surface area contributed by atoms with Crippen LogP contribution in [-0.2, 0) is 0 Å². The van der Waals surface area contributed by atoms with Crippen LogP contribution in [0.5, 0.6) is 0 Å². The Morgan fingerprint density at radius 1 is 0.425 bits per heavy atom. The molecule has 0 bridgehead atoms. The van der Waals surface area contributed by atoms with Gasteiger partial charge in [0.1, 0.15) is 11.0 Å². The van der Waals surface area contributed by atoms with Crippen LogP contribution in [0.2, 0.25) is 0 Å². The first-order chi connectivity index (χ1) is 19.8. The van der Waals surface area contributed by atoms with Gasteiger partial charge >= 0.3 is 0 Å². The number of hydrogen-bond donors (Lipinski definition) is 0. The Balaban J connectivity index is 1.02. The van der Waals surface area contributed by atoms with Crippen molar-refractivity contribution >= 4 is 55.9 Å². The first-order valence-corrected chi connectivity index (χ1v) is 13.2. The van der Waals surface area contributed by atoms with Gasteiger partial charge in [-0.1, -0.05) is 97.1 Å². The molecule has 8 aromatic rings. The smallest absolute Gasteiger partial charge is 0.227 e. The second-order valence-electron chi connectivity index (χ2n) is 9.88. The van der Waals surface area contributed by atoms with Gasteiger partial charge in [0.05, 0.1) is 0 Å². The van der Waals surface area contributed by atoms with E-state index in [9.17, 15) is 0 Å². The minimum absolute atomic E-state index is 0.629. The van der Waals surface area contributed by atoms with Crippen LogP contribution in [0.1, 0.15) is 11.1 Å². The highest BCUT2D eigenvalue weighted by molar-refractivity contribution is 6.04. The van der Waals surface area contributed by atoms with E-state index >= 15 is 0 Å². The lowest BCUT2D eigenvalue weighted by molar-refractivity contribution is 0.619. The van der Waals surface area contributed by atoms with Crippen LogP contribution in [0.25, 0.3) is 78.8 Å². The first kappa shape index (κ1) is 22.5. The SMILES string of the molecule is C(=Cc1ccc(-c2nc3c(ccc4ccccc43)o2)cc1)c1ccc(-c2nc3c(ccc4ccccc43)o2)cc1. The van der Waals surface area contributed by atoms with Crippen LogP contribution in [0.3, 0.4) is 0 Å². The fourth-order valence-corrected chi connectivity index (χ4v) is 5.24. The van der Waals surface area contributed by atoms with Crippen molar-refractivity contribution in [2.45, 2.75) is 0 Å². The summed E-state index contributed by atoms with van der Waals surface area (Å²) in [6, 6.07) is 41.1. The Bertz CT molecular complexity index is 2040. The average molecular weight is 515 g/mol. The van der Waals surface area contributed by atoms with Crippen molar-refractivity contribution in [3.8, 4) is 22.9 Å². The number of nitrogens with zero attached hydrogens (tertiary/aromatic N) is 2. The molecular formula is C36H22N2O2. The zero-order valence-electron chi connectivity index (χ0n) is 21.4. The summed E-state index contributed by atoms with van der Waals surface area (Å²) in [6.07, 6.45) is 4.20. The molecule has 0 fully saturated rings. The topological polar surface area (TPSA) is 52.1 Å². The third kappa shape index (κ3) is 3.86. The van der Waals surface area contributed by atoms with Gasteiger partial charge in [-0.15, -0.1) is 0 Å². The van der Waals surface area contributed by atoms with Crippen LogP contribution in [0.4, 0.5) is 0 Å². The van der Waals surface area contributed by atoms with Crippen molar-refractivity contribution in [2.24, 2.45) is 0 Å². The van der Waals surface area contributed by atoms with Gasteiger partial charge < -0.3 is 8.83 Å². The lowest BCUT2D eigenvalue weighted by atomic mass is 10.1. The summed E-state index contributed by atoms with van der Waals surface area (Å²) in [5.41, 5.74) is 7.49. The van der Waals surface area contributed by atoms with Crippen molar-refractivity contribution in [2.75, 3.05) is 0 Å². The van der Waals surface area contributed by atoms with Crippen LogP contribution in [0, 0.1) is 0 Å². The van der Waals surface area contributed by atoms with Crippen molar-refractivity contribution in [3.63, 3.8) is 0 Å². The maximum atomic E-state index is 6.08. The molecule has 0 amide bonds. The summed E-state index contributed by atoms with van der Waals surface area (Å²) in [6.45, 7) is 0. The van der Waals surface area contributed by atoms with Crippen molar-refractivity contribution in [1.82, 2.24) is 9.97 Å². The zero-order valence-corrected chi connectivity index (χ0v) is 21.4. The molecule has 0 unspecified atom stereocenters. The number of benzene rings is 6. The Labute approximate surface area is 229 Å². The fourth-order valence-electron chi connectivity index (χ4n) is 5.24. The van der Waals surface area contributed by atoms with Crippen LogP contribution in [-0.4, -0.2) is 9.97 Å². The highest BCUT2D eigenvalue weighted by Gasteiger charge is 2.12. The monoisotopic (exact) mass is 514 g/mol. The van der Waals surface area contributed by atoms with Gasteiger partial charge in [0.25, 0.3) is 0 Å². The molecule has 0 atom stereocenters. The third-order valence-electron chi connectivity index (χ3n) is 7.35. The minimum Gasteiger partial charge on any atom is -0.436 e. The standard InChI is InChI=1S/C36H22N2O2/c1-3-7-29-25(5-1)19-21-31-33(29)37-35(39-31)27-15-11-23(12-16-27)9-10-24-13-17-28(18-14-24)36-38-34-30-8-4-2-6-26(30)20-22-32(34)40-36/h1-22H. The van der Waals surface area contributed by atoms with E-state index < -0.39 is 0 Å². The average Bonchev–Trinajstić information content (AvgIpc) is 3.66. The molecule has 0 aliphatic heterocycles. The molecule has 0 spiro atoms. The molecule has 0 N–H and O–H groups in total. The van der Waals surface area contributed by atoms with Crippen LogP contribution >= 0.6 is 0 Å². The Kier molecular flexibility index (Phi) is 5.10. The molecule has 0 aliphatic carbocycles. The highest BCUT2D eigenvalue weighted by atomic mass is 16.4. The van der Waals surface area contributed by atoms with E-state index in [1.165, 1.54) is 0 Å². The molecule has 4 heteroatoms. The maximum absolute atomic E-state index is 6.08. The summed E-state index contributed by atoms with van der Waals surface area (Å²) in [7, 11) is 0. The van der Waals surface area contributed by atoms with Crippen molar-refractivity contribution < 1.29 is 8.83 Å². The van der Waals surface area contributed by atoms with Gasteiger partial charge in [-0.25, -0.2) is 9.97 Å². The molecule has 2 heterocycles. The molecule has 0 radical (unpaired) electrons.